The number of amides is 3. The van der Waals surface area contributed by atoms with Gasteiger partial charge < -0.3 is 9.32 Å². The van der Waals surface area contributed by atoms with Gasteiger partial charge in [-0.3, -0.25) is 14.6 Å². The lowest BCUT2D eigenvalue weighted by Crippen LogP contribution is -2.56. The van der Waals surface area contributed by atoms with Gasteiger partial charge in [0.1, 0.15) is 11.3 Å². The van der Waals surface area contributed by atoms with Gasteiger partial charge in [0, 0.05) is 37.8 Å². The molecule has 6 rings (SSSR count). The lowest BCUT2D eigenvalue weighted by atomic mass is 9.85. The predicted octanol–water partition coefficient (Wildman–Crippen LogP) is 4.73. The van der Waals surface area contributed by atoms with Crippen LogP contribution in [0.25, 0.3) is 11.3 Å². The minimum atomic E-state index is -0.711. The second kappa shape index (κ2) is 8.68. The van der Waals surface area contributed by atoms with Crippen LogP contribution in [0.3, 0.4) is 0 Å². The Morgan fingerprint density at radius 1 is 0.914 bits per heavy atom. The van der Waals surface area contributed by atoms with E-state index in [1.54, 1.807) is 11.2 Å². The van der Waals surface area contributed by atoms with Gasteiger partial charge in [0.05, 0.1) is 6.26 Å². The summed E-state index contributed by atoms with van der Waals surface area (Å²) in [5.74, 6) is 0.883. The van der Waals surface area contributed by atoms with E-state index in [2.05, 4.69) is 35.2 Å². The maximum atomic E-state index is 13.9. The molecular weight excluding hydrogens is 438 g/mol. The Morgan fingerprint density at radius 2 is 1.60 bits per heavy atom. The summed E-state index contributed by atoms with van der Waals surface area (Å²) in [6, 6.07) is 20.4. The first-order valence-electron chi connectivity index (χ1n) is 12.7. The topological polar surface area (TPSA) is 57.0 Å². The molecule has 6 heteroatoms. The molecule has 3 amide bonds. The molecule has 6 nitrogen and oxygen atoms in total. The first-order valence-corrected chi connectivity index (χ1v) is 12.7. The van der Waals surface area contributed by atoms with Crippen LogP contribution in [-0.2, 0) is 24.2 Å². The highest BCUT2D eigenvalue weighted by Crippen LogP contribution is 2.40. The number of benzene rings is 2. The number of nitrogens with zero attached hydrogens (tertiary/aromatic N) is 3. The van der Waals surface area contributed by atoms with Crippen LogP contribution in [0.1, 0.15) is 36.5 Å². The highest BCUT2D eigenvalue weighted by atomic mass is 16.3. The van der Waals surface area contributed by atoms with Gasteiger partial charge in [0.15, 0.2) is 0 Å². The number of likely N-dealkylation sites (tertiary alicyclic amines) is 1. The summed E-state index contributed by atoms with van der Waals surface area (Å²) in [4.78, 5) is 33.3. The number of rotatable bonds is 5. The number of urea groups is 1. The zero-order valence-corrected chi connectivity index (χ0v) is 20.2. The summed E-state index contributed by atoms with van der Waals surface area (Å²) in [5, 5.41) is 0. The van der Waals surface area contributed by atoms with Crippen molar-refractivity contribution in [3.63, 3.8) is 0 Å². The van der Waals surface area contributed by atoms with Gasteiger partial charge in [-0.2, -0.15) is 0 Å². The van der Waals surface area contributed by atoms with Crippen molar-refractivity contribution < 1.29 is 14.0 Å². The fourth-order valence-electron chi connectivity index (χ4n) is 6.35. The lowest BCUT2D eigenvalue weighted by molar-refractivity contribution is -0.137. The van der Waals surface area contributed by atoms with Gasteiger partial charge in [0.25, 0.3) is 5.91 Å². The third-order valence-electron chi connectivity index (χ3n) is 8.16. The van der Waals surface area contributed by atoms with Crippen LogP contribution in [0.2, 0.25) is 0 Å². The van der Waals surface area contributed by atoms with Crippen molar-refractivity contribution in [2.45, 2.75) is 50.7 Å². The number of likely N-dealkylation sites (N-methyl/N-ethyl adjacent to an activating group) is 1. The number of furan rings is 1. The summed E-state index contributed by atoms with van der Waals surface area (Å²) in [7, 11) is 0. The van der Waals surface area contributed by atoms with Crippen LogP contribution in [0.5, 0.6) is 0 Å². The van der Waals surface area contributed by atoms with E-state index in [-0.39, 0.29) is 18.0 Å². The average Bonchev–Trinajstić information content (AvgIpc) is 3.59. The Kier molecular flexibility index (Phi) is 5.49. The van der Waals surface area contributed by atoms with Crippen molar-refractivity contribution in [3.05, 3.63) is 83.6 Å². The Hall–Kier alpha value is -3.38. The molecule has 3 heterocycles. The maximum absolute atomic E-state index is 13.9. The number of hydrogen-bond acceptors (Lipinski definition) is 4. The molecule has 1 aromatic heterocycles. The third-order valence-corrected chi connectivity index (χ3v) is 8.16. The summed E-state index contributed by atoms with van der Waals surface area (Å²) < 4.78 is 5.65. The number of carbonyl (C=O) groups excluding carboxylic acids is 2. The molecule has 3 aromatic rings. The van der Waals surface area contributed by atoms with Gasteiger partial charge >= 0.3 is 6.03 Å². The molecular formula is C29H31N3O3. The number of piperidine rings is 1. The Labute approximate surface area is 206 Å². The number of imide groups is 1. The number of fused-ring (bicyclic) bond motifs is 1. The van der Waals surface area contributed by atoms with Crippen LogP contribution in [0.4, 0.5) is 4.79 Å². The van der Waals surface area contributed by atoms with Gasteiger partial charge in [-0.05, 0) is 61.4 Å². The van der Waals surface area contributed by atoms with E-state index in [0.29, 0.717) is 19.4 Å². The fraction of sp³-hybridized carbons (Fsp3) is 0.379. The van der Waals surface area contributed by atoms with Crippen LogP contribution in [-0.4, -0.2) is 57.9 Å². The van der Waals surface area contributed by atoms with Crippen molar-refractivity contribution in [2.24, 2.45) is 0 Å². The van der Waals surface area contributed by atoms with E-state index in [0.717, 1.165) is 43.8 Å². The Balaban J connectivity index is 1.19. The molecule has 2 saturated heterocycles. The van der Waals surface area contributed by atoms with E-state index in [1.165, 1.54) is 16.7 Å². The first-order chi connectivity index (χ1) is 17.1. The molecule has 2 aliphatic heterocycles. The van der Waals surface area contributed by atoms with E-state index in [4.69, 9.17) is 4.42 Å². The van der Waals surface area contributed by atoms with Crippen LogP contribution >= 0.6 is 0 Å². The summed E-state index contributed by atoms with van der Waals surface area (Å²) in [5.41, 5.74) is 4.12. The lowest BCUT2D eigenvalue weighted by Gasteiger charge is -2.42. The van der Waals surface area contributed by atoms with Gasteiger partial charge in [0.2, 0.25) is 0 Å². The molecule has 1 aliphatic carbocycles. The highest BCUT2D eigenvalue weighted by molar-refractivity contribution is 6.07. The molecule has 3 aliphatic rings. The molecule has 0 unspecified atom stereocenters. The molecule has 2 fully saturated rings. The first kappa shape index (κ1) is 22.1. The summed E-state index contributed by atoms with van der Waals surface area (Å²) in [6.45, 7) is 4.90. The van der Waals surface area contributed by atoms with E-state index in [9.17, 15) is 9.59 Å². The minimum absolute atomic E-state index is 0.0118. The Morgan fingerprint density at radius 3 is 2.26 bits per heavy atom. The second-order valence-electron chi connectivity index (χ2n) is 9.97. The van der Waals surface area contributed by atoms with Gasteiger partial charge in [-0.25, -0.2) is 4.79 Å². The second-order valence-corrected chi connectivity index (χ2v) is 9.97. The molecule has 35 heavy (non-hydrogen) atoms. The largest absolute Gasteiger partial charge is 0.464 e. The third kappa shape index (κ3) is 3.59. The molecule has 180 valence electrons. The van der Waals surface area contributed by atoms with Crippen LogP contribution in [0, 0.1) is 0 Å². The number of hydrogen-bond donors (Lipinski definition) is 0. The fourth-order valence-corrected chi connectivity index (χ4v) is 6.35. The standard InChI is InChI=1S/C29H31N3O3/c1-2-31-28(34)32(24-18-21-8-3-4-9-22(21)19-24)27(33)29(31)13-15-30(16-14-29)20-23-10-5-6-11-25(23)26-12-7-17-35-26/h3-12,17,24H,2,13-16,18-20H2,1H3. The molecule has 0 saturated carbocycles. The average molecular weight is 470 g/mol. The molecule has 0 bridgehead atoms. The van der Waals surface area contributed by atoms with Crippen molar-refractivity contribution in [1.82, 2.24) is 14.7 Å². The number of carbonyl (C=O) groups is 2. The zero-order valence-electron chi connectivity index (χ0n) is 20.2. The molecule has 0 atom stereocenters. The zero-order chi connectivity index (χ0) is 24.0. The van der Waals surface area contributed by atoms with Crippen LogP contribution in [0.15, 0.2) is 71.3 Å². The molecule has 1 spiro atoms. The quantitative estimate of drug-likeness (QED) is 0.507. The normalized spacial score (nSPS) is 20.3. The van der Waals surface area contributed by atoms with E-state index < -0.39 is 5.54 Å². The summed E-state index contributed by atoms with van der Waals surface area (Å²) >= 11 is 0. The summed E-state index contributed by atoms with van der Waals surface area (Å²) in [6.07, 6.45) is 4.57. The SMILES string of the molecule is CCN1C(=O)N(C2Cc3ccccc3C2)C(=O)C12CCN(Cc1ccccc1-c1ccco1)CC2. The maximum Gasteiger partial charge on any atom is 0.327 e. The van der Waals surface area contributed by atoms with Crippen molar-refractivity contribution in [2.75, 3.05) is 19.6 Å². The predicted molar refractivity (Wildman–Crippen MR) is 134 cm³/mol. The smallest absolute Gasteiger partial charge is 0.327 e. The van der Waals surface area contributed by atoms with Crippen molar-refractivity contribution in [3.8, 4) is 11.3 Å². The van der Waals surface area contributed by atoms with Crippen LogP contribution < -0.4 is 0 Å². The molecule has 2 aromatic carbocycles. The van der Waals surface area contributed by atoms with Gasteiger partial charge in [-0.15, -0.1) is 0 Å². The highest BCUT2D eigenvalue weighted by Gasteiger charge is 2.59. The van der Waals surface area contributed by atoms with Crippen molar-refractivity contribution >= 4 is 11.9 Å². The monoisotopic (exact) mass is 469 g/mol. The van der Waals surface area contributed by atoms with Gasteiger partial charge in [-0.1, -0.05) is 48.5 Å². The molecule has 0 radical (unpaired) electrons. The molecule has 0 N–H and O–H groups in total. The minimum Gasteiger partial charge on any atom is -0.464 e. The van der Waals surface area contributed by atoms with Crippen molar-refractivity contribution in [1.29, 1.82) is 0 Å². The van der Waals surface area contributed by atoms with E-state index >= 15 is 0 Å². The Bertz CT molecular complexity index is 1220. The van der Waals surface area contributed by atoms with E-state index in [1.807, 2.05) is 42.2 Å².